The van der Waals surface area contributed by atoms with Gasteiger partial charge < -0.3 is 19.4 Å². The van der Waals surface area contributed by atoms with Gasteiger partial charge >= 0.3 is 0 Å². The summed E-state index contributed by atoms with van der Waals surface area (Å²) in [4.78, 5) is 14.3. The van der Waals surface area contributed by atoms with E-state index in [0.29, 0.717) is 5.76 Å². The molecular formula is C16H18N2O3. The number of rotatable bonds is 3. The van der Waals surface area contributed by atoms with Crippen LogP contribution in [0.15, 0.2) is 41.0 Å². The second-order valence-electron chi connectivity index (χ2n) is 5.03. The topological polar surface area (TPSA) is 54.7 Å². The molecule has 5 heteroatoms. The highest BCUT2D eigenvalue weighted by atomic mass is 16.5. The Morgan fingerprint density at radius 2 is 2.05 bits per heavy atom. The lowest BCUT2D eigenvalue weighted by Gasteiger charge is -2.29. The van der Waals surface area contributed by atoms with Crippen molar-refractivity contribution >= 4 is 17.3 Å². The summed E-state index contributed by atoms with van der Waals surface area (Å²) in [7, 11) is 0. The molecule has 2 heterocycles. The highest BCUT2D eigenvalue weighted by molar-refractivity contribution is 6.02. The SMILES string of the molecule is Cc1cc(N2CCOCC2)ccc1NC(=O)c1ccco1. The number of nitrogens with one attached hydrogen (secondary N) is 1. The Balaban J connectivity index is 1.73. The van der Waals surface area contributed by atoms with Crippen molar-refractivity contribution < 1.29 is 13.9 Å². The van der Waals surface area contributed by atoms with Crippen molar-refractivity contribution in [3.63, 3.8) is 0 Å². The molecule has 1 saturated heterocycles. The van der Waals surface area contributed by atoms with Crippen molar-refractivity contribution in [3.05, 3.63) is 47.9 Å². The molecule has 0 bridgehead atoms. The van der Waals surface area contributed by atoms with E-state index in [9.17, 15) is 4.79 Å². The number of hydrogen-bond donors (Lipinski definition) is 1. The summed E-state index contributed by atoms with van der Waals surface area (Å²) in [6.07, 6.45) is 1.49. The molecule has 5 nitrogen and oxygen atoms in total. The first-order chi connectivity index (χ1) is 10.2. The lowest BCUT2D eigenvalue weighted by molar-refractivity contribution is 0.0996. The van der Waals surface area contributed by atoms with Gasteiger partial charge in [-0.25, -0.2) is 0 Å². The van der Waals surface area contributed by atoms with Crippen LogP contribution in [0.1, 0.15) is 16.1 Å². The number of carbonyl (C=O) groups excluding carboxylic acids is 1. The van der Waals surface area contributed by atoms with Crippen molar-refractivity contribution in [1.82, 2.24) is 0 Å². The van der Waals surface area contributed by atoms with E-state index in [-0.39, 0.29) is 5.91 Å². The maximum atomic E-state index is 12.0. The highest BCUT2D eigenvalue weighted by Gasteiger charge is 2.14. The van der Waals surface area contributed by atoms with E-state index >= 15 is 0 Å². The van der Waals surface area contributed by atoms with Crippen molar-refractivity contribution in [2.75, 3.05) is 36.5 Å². The number of nitrogens with zero attached hydrogens (tertiary/aromatic N) is 1. The number of carbonyl (C=O) groups is 1. The highest BCUT2D eigenvalue weighted by Crippen LogP contribution is 2.24. The summed E-state index contributed by atoms with van der Waals surface area (Å²) in [6, 6.07) is 9.39. The van der Waals surface area contributed by atoms with Crippen LogP contribution in [0.3, 0.4) is 0 Å². The largest absolute Gasteiger partial charge is 0.459 e. The molecule has 3 rings (SSSR count). The van der Waals surface area contributed by atoms with Gasteiger partial charge in [-0.2, -0.15) is 0 Å². The molecule has 0 aliphatic carbocycles. The number of ether oxygens (including phenoxy) is 1. The van der Waals surface area contributed by atoms with Crippen LogP contribution < -0.4 is 10.2 Å². The first-order valence-electron chi connectivity index (χ1n) is 7.02. The minimum atomic E-state index is -0.234. The average Bonchev–Trinajstić information content (AvgIpc) is 3.04. The van der Waals surface area contributed by atoms with E-state index in [1.54, 1.807) is 12.1 Å². The first kappa shape index (κ1) is 13.7. The standard InChI is InChI=1S/C16H18N2O3/c1-12-11-13(18-6-9-20-10-7-18)4-5-14(12)17-16(19)15-3-2-8-21-15/h2-5,8,11H,6-7,9-10H2,1H3,(H,17,19). The third-order valence-electron chi connectivity index (χ3n) is 3.58. The van der Waals surface area contributed by atoms with Crippen LogP contribution >= 0.6 is 0 Å². The smallest absolute Gasteiger partial charge is 0.291 e. The van der Waals surface area contributed by atoms with Crippen LogP contribution in [0.5, 0.6) is 0 Å². The van der Waals surface area contributed by atoms with E-state index in [1.807, 2.05) is 19.1 Å². The zero-order chi connectivity index (χ0) is 14.7. The zero-order valence-electron chi connectivity index (χ0n) is 12.0. The minimum absolute atomic E-state index is 0.234. The molecule has 1 N–H and O–H groups in total. The summed E-state index contributed by atoms with van der Waals surface area (Å²) in [5, 5.41) is 2.87. The van der Waals surface area contributed by atoms with Gasteiger partial charge in [0, 0.05) is 24.5 Å². The number of benzene rings is 1. The van der Waals surface area contributed by atoms with Gasteiger partial charge in [0.1, 0.15) is 0 Å². The fraction of sp³-hybridized carbons (Fsp3) is 0.312. The lowest BCUT2D eigenvalue weighted by Crippen LogP contribution is -2.36. The summed E-state index contributed by atoms with van der Waals surface area (Å²) in [5.41, 5.74) is 2.99. The number of anilines is 2. The van der Waals surface area contributed by atoms with E-state index in [4.69, 9.17) is 9.15 Å². The van der Waals surface area contributed by atoms with Crippen molar-refractivity contribution in [2.45, 2.75) is 6.92 Å². The van der Waals surface area contributed by atoms with Crippen LogP contribution in [-0.4, -0.2) is 32.2 Å². The van der Waals surface area contributed by atoms with Crippen LogP contribution in [-0.2, 0) is 4.74 Å². The van der Waals surface area contributed by atoms with Gasteiger partial charge in [0.05, 0.1) is 19.5 Å². The molecule has 110 valence electrons. The molecule has 0 saturated carbocycles. The van der Waals surface area contributed by atoms with Gasteiger partial charge in [-0.3, -0.25) is 4.79 Å². The molecule has 1 aliphatic rings. The molecule has 0 spiro atoms. The summed E-state index contributed by atoms with van der Waals surface area (Å²) >= 11 is 0. The van der Waals surface area contributed by atoms with Crippen molar-refractivity contribution in [3.8, 4) is 0 Å². The Kier molecular flexibility index (Phi) is 3.92. The van der Waals surface area contributed by atoms with Gasteiger partial charge in [-0.1, -0.05) is 0 Å². The van der Waals surface area contributed by atoms with Crippen LogP contribution in [0.2, 0.25) is 0 Å². The molecule has 1 aliphatic heterocycles. The monoisotopic (exact) mass is 286 g/mol. The number of hydrogen-bond acceptors (Lipinski definition) is 4. The van der Waals surface area contributed by atoms with Gasteiger partial charge in [0.2, 0.25) is 0 Å². The molecule has 21 heavy (non-hydrogen) atoms. The molecule has 0 unspecified atom stereocenters. The third kappa shape index (κ3) is 3.08. The van der Waals surface area contributed by atoms with Gasteiger partial charge in [0.25, 0.3) is 5.91 Å². The van der Waals surface area contributed by atoms with Crippen LogP contribution in [0.4, 0.5) is 11.4 Å². The number of aryl methyl sites for hydroxylation is 1. The van der Waals surface area contributed by atoms with E-state index in [1.165, 1.54) is 6.26 Å². The summed E-state index contributed by atoms with van der Waals surface area (Å²) < 4.78 is 10.5. The van der Waals surface area contributed by atoms with E-state index < -0.39 is 0 Å². The molecule has 1 aromatic carbocycles. The predicted octanol–water partition coefficient (Wildman–Crippen LogP) is 2.68. The molecule has 1 amide bonds. The Hall–Kier alpha value is -2.27. The predicted molar refractivity (Wildman–Crippen MR) is 80.9 cm³/mol. The Morgan fingerprint density at radius 3 is 2.71 bits per heavy atom. The quantitative estimate of drug-likeness (QED) is 0.942. The maximum absolute atomic E-state index is 12.0. The normalized spacial score (nSPS) is 15.0. The van der Waals surface area contributed by atoms with Gasteiger partial charge in [0.15, 0.2) is 5.76 Å². The second-order valence-corrected chi connectivity index (χ2v) is 5.03. The molecule has 0 atom stereocenters. The summed E-state index contributed by atoms with van der Waals surface area (Å²) in [5.74, 6) is 0.0777. The third-order valence-corrected chi connectivity index (χ3v) is 3.58. The fourth-order valence-corrected chi connectivity index (χ4v) is 2.40. The van der Waals surface area contributed by atoms with E-state index in [0.717, 1.165) is 43.2 Å². The second kappa shape index (κ2) is 6.01. The zero-order valence-corrected chi connectivity index (χ0v) is 12.0. The number of furan rings is 1. The number of morpholine rings is 1. The summed E-state index contributed by atoms with van der Waals surface area (Å²) in [6.45, 7) is 5.31. The number of amides is 1. The maximum Gasteiger partial charge on any atom is 0.291 e. The van der Waals surface area contributed by atoms with Crippen LogP contribution in [0, 0.1) is 6.92 Å². The molecule has 2 aromatic rings. The molecule has 1 fully saturated rings. The Morgan fingerprint density at radius 1 is 1.24 bits per heavy atom. The van der Waals surface area contributed by atoms with Gasteiger partial charge in [-0.05, 0) is 42.8 Å². The van der Waals surface area contributed by atoms with Crippen LogP contribution in [0.25, 0.3) is 0 Å². The Labute approximate surface area is 123 Å². The average molecular weight is 286 g/mol. The minimum Gasteiger partial charge on any atom is -0.459 e. The van der Waals surface area contributed by atoms with Gasteiger partial charge in [-0.15, -0.1) is 0 Å². The molecule has 0 radical (unpaired) electrons. The molecular weight excluding hydrogens is 268 g/mol. The Bertz CT molecular complexity index is 616. The van der Waals surface area contributed by atoms with Crippen molar-refractivity contribution in [2.24, 2.45) is 0 Å². The fourth-order valence-electron chi connectivity index (χ4n) is 2.40. The molecule has 1 aromatic heterocycles. The van der Waals surface area contributed by atoms with Crippen molar-refractivity contribution in [1.29, 1.82) is 0 Å². The lowest BCUT2D eigenvalue weighted by atomic mass is 10.1. The first-order valence-corrected chi connectivity index (χ1v) is 7.02. The van der Waals surface area contributed by atoms with E-state index in [2.05, 4.69) is 16.3 Å².